The van der Waals surface area contributed by atoms with Gasteiger partial charge in [0.2, 0.25) is 5.91 Å². The van der Waals surface area contributed by atoms with Gasteiger partial charge in [-0.25, -0.2) is 4.39 Å². The van der Waals surface area contributed by atoms with Gasteiger partial charge in [0.05, 0.1) is 20.3 Å². The fraction of sp³-hybridized carbons (Fsp3) is 0.381. The second-order valence-electron chi connectivity index (χ2n) is 6.32. The van der Waals surface area contributed by atoms with Crippen molar-refractivity contribution >= 4 is 5.91 Å². The van der Waals surface area contributed by atoms with Crippen molar-refractivity contribution < 1.29 is 18.7 Å². The number of hydrogen-bond donors (Lipinski definition) is 1. The van der Waals surface area contributed by atoms with Crippen molar-refractivity contribution in [2.75, 3.05) is 33.9 Å². The summed E-state index contributed by atoms with van der Waals surface area (Å²) in [7, 11) is 3.50. The Morgan fingerprint density at radius 2 is 1.81 bits per heavy atom. The van der Waals surface area contributed by atoms with Gasteiger partial charge in [0.1, 0.15) is 5.82 Å². The van der Waals surface area contributed by atoms with Crippen LogP contribution < -0.4 is 14.8 Å². The fourth-order valence-corrected chi connectivity index (χ4v) is 2.75. The Labute approximate surface area is 160 Å². The topological polar surface area (TPSA) is 50.8 Å². The van der Waals surface area contributed by atoms with Gasteiger partial charge in [-0.1, -0.05) is 18.2 Å². The van der Waals surface area contributed by atoms with Gasteiger partial charge in [-0.3, -0.25) is 9.69 Å². The van der Waals surface area contributed by atoms with E-state index in [2.05, 4.69) is 5.32 Å². The molecule has 0 fully saturated rings. The maximum atomic E-state index is 12.9. The molecule has 0 aliphatic heterocycles. The minimum Gasteiger partial charge on any atom is -0.493 e. The van der Waals surface area contributed by atoms with Crippen LogP contribution in [0.15, 0.2) is 42.5 Å². The van der Waals surface area contributed by atoms with Gasteiger partial charge < -0.3 is 14.8 Å². The molecule has 2 aromatic rings. The van der Waals surface area contributed by atoms with E-state index in [1.807, 2.05) is 37.1 Å². The SMILES string of the molecule is CCOc1ccc(CN(C)CC(=O)NCCc2ccc(F)cc2)cc1OC. The van der Waals surface area contributed by atoms with Crippen LogP contribution in [-0.2, 0) is 17.8 Å². The van der Waals surface area contributed by atoms with Crippen molar-refractivity contribution in [1.82, 2.24) is 10.2 Å². The highest BCUT2D eigenvalue weighted by Gasteiger charge is 2.10. The lowest BCUT2D eigenvalue weighted by atomic mass is 10.1. The number of benzene rings is 2. The largest absolute Gasteiger partial charge is 0.493 e. The maximum Gasteiger partial charge on any atom is 0.234 e. The molecule has 0 heterocycles. The number of halogens is 1. The summed E-state index contributed by atoms with van der Waals surface area (Å²) in [5, 5.41) is 2.89. The molecule has 1 amide bonds. The smallest absolute Gasteiger partial charge is 0.234 e. The van der Waals surface area contributed by atoms with Gasteiger partial charge in [0.15, 0.2) is 11.5 Å². The molecule has 0 atom stereocenters. The maximum absolute atomic E-state index is 12.9. The lowest BCUT2D eigenvalue weighted by molar-refractivity contribution is -0.122. The molecule has 0 unspecified atom stereocenters. The molecule has 0 aromatic heterocycles. The monoisotopic (exact) mass is 374 g/mol. The molecule has 0 aliphatic carbocycles. The third kappa shape index (κ3) is 6.90. The van der Waals surface area contributed by atoms with Gasteiger partial charge in [0.25, 0.3) is 0 Å². The number of amides is 1. The highest BCUT2D eigenvalue weighted by atomic mass is 19.1. The Hall–Kier alpha value is -2.60. The summed E-state index contributed by atoms with van der Waals surface area (Å²) in [6, 6.07) is 12.1. The average molecular weight is 374 g/mol. The van der Waals surface area contributed by atoms with Crippen molar-refractivity contribution in [1.29, 1.82) is 0 Å². The van der Waals surface area contributed by atoms with E-state index in [1.165, 1.54) is 12.1 Å². The predicted molar refractivity (Wildman–Crippen MR) is 104 cm³/mol. The summed E-state index contributed by atoms with van der Waals surface area (Å²) in [4.78, 5) is 14.0. The van der Waals surface area contributed by atoms with E-state index in [-0.39, 0.29) is 11.7 Å². The number of methoxy groups -OCH3 is 1. The quantitative estimate of drug-likeness (QED) is 0.695. The van der Waals surface area contributed by atoms with E-state index in [1.54, 1.807) is 19.2 Å². The summed E-state index contributed by atoms with van der Waals surface area (Å²) in [5.74, 6) is 1.10. The van der Waals surface area contributed by atoms with Crippen LogP contribution in [0.2, 0.25) is 0 Å². The van der Waals surface area contributed by atoms with E-state index in [4.69, 9.17) is 9.47 Å². The van der Waals surface area contributed by atoms with Gasteiger partial charge >= 0.3 is 0 Å². The Kier molecular flexibility index (Phi) is 8.07. The van der Waals surface area contributed by atoms with E-state index in [0.717, 1.165) is 11.1 Å². The standard InChI is InChI=1S/C21H27FN2O3/c1-4-27-19-10-7-17(13-20(19)26-3)14-24(2)15-21(25)23-12-11-16-5-8-18(22)9-6-16/h5-10,13H,4,11-12,14-15H2,1-3H3,(H,23,25). The predicted octanol–water partition coefficient (Wildman–Crippen LogP) is 3.02. The van der Waals surface area contributed by atoms with Gasteiger partial charge in [-0.05, 0) is 55.8 Å². The number of nitrogens with zero attached hydrogens (tertiary/aromatic N) is 1. The molecule has 2 rings (SSSR count). The Morgan fingerprint density at radius 3 is 2.48 bits per heavy atom. The van der Waals surface area contributed by atoms with Crippen LogP contribution in [0.3, 0.4) is 0 Å². The lowest BCUT2D eigenvalue weighted by Crippen LogP contribution is -2.35. The summed E-state index contributed by atoms with van der Waals surface area (Å²) in [6.07, 6.45) is 0.672. The molecule has 0 saturated carbocycles. The summed E-state index contributed by atoms with van der Waals surface area (Å²) in [5.41, 5.74) is 2.03. The summed E-state index contributed by atoms with van der Waals surface area (Å²) >= 11 is 0. The number of ether oxygens (including phenoxy) is 2. The molecular weight excluding hydrogens is 347 g/mol. The van der Waals surface area contributed by atoms with Gasteiger partial charge in [-0.2, -0.15) is 0 Å². The Balaban J connectivity index is 1.78. The zero-order valence-corrected chi connectivity index (χ0v) is 16.1. The second-order valence-corrected chi connectivity index (χ2v) is 6.32. The van der Waals surface area contributed by atoms with Crippen LogP contribution >= 0.6 is 0 Å². The molecule has 0 bridgehead atoms. The molecular formula is C21H27FN2O3. The molecule has 0 spiro atoms. The highest BCUT2D eigenvalue weighted by Crippen LogP contribution is 2.28. The zero-order chi connectivity index (χ0) is 19.6. The number of carbonyl (C=O) groups excluding carboxylic acids is 1. The number of carbonyl (C=O) groups is 1. The first-order valence-electron chi connectivity index (χ1n) is 9.01. The lowest BCUT2D eigenvalue weighted by Gasteiger charge is -2.18. The van der Waals surface area contributed by atoms with Crippen molar-refractivity contribution in [2.24, 2.45) is 0 Å². The molecule has 0 saturated heterocycles. The summed E-state index contributed by atoms with van der Waals surface area (Å²) in [6.45, 7) is 3.94. The second kappa shape index (κ2) is 10.5. The van der Waals surface area contributed by atoms with E-state index < -0.39 is 0 Å². The van der Waals surface area contributed by atoms with Crippen LogP contribution in [0.4, 0.5) is 4.39 Å². The first kappa shape index (κ1) is 20.7. The fourth-order valence-electron chi connectivity index (χ4n) is 2.75. The number of nitrogens with one attached hydrogen (secondary N) is 1. The molecule has 0 radical (unpaired) electrons. The minimum atomic E-state index is -0.254. The van der Waals surface area contributed by atoms with Crippen LogP contribution in [0, 0.1) is 5.82 Å². The van der Waals surface area contributed by atoms with Crippen molar-refractivity contribution in [3.05, 3.63) is 59.4 Å². The first-order chi connectivity index (χ1) is 13.0. The van der Waals surface area contributed by atoms with E-state index >= 15 is 0 Å². The zero-order valence-electron chi connectivity index (χ0n) is 16.1. The van der Waals surface area contributed by atoms with Crippen molar-refractivity contribution in [2.45, 2.75) is 19.9 Å². The van der Waals surface area contributed by atoms with Gasteiger partial charge in [0, 0.05) is 13.1 Å². The molecule has 1 N–H and O–H groups in total. The van der Waals surface area contributed by atoms with Crippen molar-refractivity contribution in [3.8, 4) is 11.5 Å². The number of hydrogen-bond acceptors (Lipinski definition) is 4. The molecule has 0 aliphatic rings. The first-order valence-corrected chi connectivity index (χ1v) is 9.01. The molecule has 27 heavy (non-hydrogen) atoms. The highest BCUT2D eigenvalue weighted by molar-refractivity contribution is 5.77. The normalized spacial score (nSPS) is 10.7. The Morgan fingerprint density at radius 1 is 1.11 bits per heavy atom. The summed E-state index contributed by atoms with van der Waals surface area (Å²) < 4.78 is 23.8. The Bertz CT molecular complexity index is 735. The van der Waals surface area contributed by atoms with E-state index in [9.17, 15) is 9.18 Å². The van der Waals surface area contributed by atoms with Crippen LogP contribution in [0.25, 0.3) is 0 Å². The average Bonchev–Trinajstić information content (AvgIpc) is 2.64. The molecule has 146 valence electrons. The molecule has 5 nitrogen and oxygen atoms in total. The van der Waals surface area contributed by atoms with Gasteiger partial charge in [-0.15, -0.1) is 0 Å². The minimum absolute atomic E-state index is 0.0440. The number of rotatable bonds is 10. The van der Waals surface area contributed by atoms with Crippen molar-refractivity contribution in [3.63, 3.8) is 0 Å². The van der Waals surface area contributed by atoms with Crippen LogP contribution in [0.5, 0.6) is 11.5 Å². The van der Waals surface area contributed by atoms with Crippen LogP contribution in [0.1, 0.15) is 18.1 Å². The molecule has 2 aromatic carbocycles. The van der Waals surface area contributed by atoms with Crippen LogP contribution in [-0.4, -0.2) is 44.7 Å². The third-order valence-electron chi connectivity index (χ3n) is 4.04. The third-order valence-corrected chi connectivity index (χ3v) is 4.04. The van der Waals surface area contributed by atoms with E-state index in [0.29, 0.717) is 44.2 Å². The number of likely N-dealkylation sites (N-methyl/N-ethyl adjacent to an activating group) is 1. The molecule has 6 heteroatoms.